The molecule has 2 heterocycles. The van der Waals surface area contributed by atoms with Crippen LogP contribution in [0.15, 0.2) is 61.3 Å². The highest BCUT2D eigenvalue weighted by atomic mass is 16.2. The first-order chi connectivity index (χ1) is 12.1. The molecule has 2 aromatic heterocycles. The van der Waals surface area contributed by atoms with Crippen LogP contribution in [0, 0.1) is 6.92 Å². The van der Waals surface area contributed by atoms with Crippen LogP contribution in [0.5, 0.6) is 0 Å². The van der Waals surface area contributed by atoms with Gasteiger partial charge in [-0.1, -0.05) is 18.2 Å². The van der Waals surface area contributed by atoms with Crippen molar-refractivity contribution in [2.45, 2.75) is 26.4 Å². The molecular formula is C19H21N5O. The van der Waals surface area contributed by atoms with E-state index in [1.165, 1.54) is 0 Å². The fourth-order valence-electron chi connectivity index (χ4n) is 2.57. The molecule has 128 valence electrons. The Labute approximate surface area is 146 Å². The fourth-order valence-corrected chi connectivity index (χ4v) is 2.57. The molecule has 0 saturated heterocycles. The number of hydrogen-bond donors (Lipinski definition) is 2. The normalized spacial score (nSPS) is 11.8. The van der Waals surface area contributed by atoms with E-state index in [9.17, 15) is 4.79 Å². The number of carbonyl (C=O) groups excluding carboxylic acids is 1. The summed E-state index contributed by atoms with van der Waals surface area (Å²) in [5.41, 5.74) is 3.96. The molecule has 0 radical (unpaired) electrons. The van der Waals surface area contributed by atoms with Crippen LogP contribution < -0.4 is 10.6 Å². The second-order valence-electron chi connectivity index (χ2n) is 5.88. The third-order valence-corrected chi connectivity index (χ3v) is 4.05. The zero-order chi connectivity index (χ0) is 17.6. The van der Waals surface area contributed by atoms with E-state index in [0.29, 0.717) is 6.54 Å². The average molecular weight is 335 g/mol. The monoisotopic (exact) mass is 335 g/mol. The number of hydrogen-bond acceptors (Lipinski definition) is 3. The van der Waals surface area contributed by atoms with Gasteiger partial charge in [-0.25, -0.2) is 9.78 Å². The van der Waals surface area contributed by atoms with Crippen LogP contribution >= 0.6 is 0 Å². The van der Waals surface area contributed by atoms with Crippen molar-refractivity contribution < 1.29 is 4.79 Å². The Kier molecular flexibility index (Phi) is 5.09. The van der Waals surface area contributed by atoms with Crippen LogP contribution in [-0.4, -0.2) is 20.6 Å². The summed E-state index contributed by atoms with van der Waals surface area (Å²) >= 11 is 0. The predicted molar refractivity (Wildman–Crippen MR) is 96.3 cm³/mol. The van der Waals surface area contributed by atoms with Gasteiger partial charge in [0.05, 0.1) is 24.6 Å². The largest absolute Gasteiger partial charge is 0.332 e. The number of benzene rings is 1. The lowest BCUT2D eigenvalue weighted by atomic mass is 10.1. The SMILES string of the molecule is Cc1cccnc1CNC(=O)N[C@@H](C)c1cccc(-n2ccnc2)c1. The Balaban J connectivity index is 1.60. The van der Waals surface area contributed by atoms with Crippen LogP contribution in [0.4, 0.5) is 4.79 Å². The minimum absolute atomic E-state index is 0.117. The predicted octanol–water partition coefficient (Wildman–Crippen LogP) is 3.14. The summed E-state index contributed by atoms with van der Waals surface area (Å²) in [4.78, 5) is 20.5. The quantitative estimate of drug-likeness (QED) is 0.752. The van der Waals surface area contributed by atoms with Crippen molar-refractivity contribution in [3.8, 4) is 5.69 Å². The molecule has 3 rings (SSSR count). The van der Waals surface area contributed by atoms with Crippen LogP contribution in [0.3, 0.4) is 0 Å². The maximum absolute atomic E-state index is 12.2. The molecule has 0 saturated carbocycles. The van der Waals surface area contributed by atoms with Gasteiger partial charge in [-0.15, -0.1) is 0 Å². The van der Waals surface area contributed by atoms with E-state index in [0.717, 1.165) is 22.5 Å². The molecule has 0 fully saturated rings. The third kappa shape index (κ3) is 4.23. The van der Waals surface area contributed by atoms with Gasteiger partial charge in [0.25, 0.3) is 0 Å². The van der Waals surface area contributed by atoms with Crippen molar-refractivity contribution >= 4 is 6.03 Å². The number of urea groups is 1. The van der Waals surface area contributed by atoms with Crippen molar-refractivity contribution in [2.24, 2.45) is 0 Å². The molecule has 0 aliphatic carbocycles. The van der Waals surface area contributed by atoms with Crippen LogP contribution in [-0.2, 0) is 6.54 Å². The van der Waals surface area contributed by atoms with Crippen molar-refractivity contribution in [1.82, 2.24) is 25.2 Å². The Morgan fingerprint density at radius 3 is 2.88 bits per heavy atom. The summed E-state index contributed by atoms with van der Waals surface area (Å²) in [6, 6.07) is 11.5. The summed E-state index contributed by atoms with van der Waals surface area (Å²) in [6.07, 6.45) is 7.10. The number of aryl methyl sites for hydroxylation is 1. The van der Waals surface area contributed by atoms with E-state index >= 15 is 0 Å². The molecule has 6 nitrogen and oxygen atoms in total. The Bertz CT molecular complexity index is 845. The Morgan fingerprint density at radius 1 is 1.24 bits per heavy atom. The minimum Gasteiger partial charge on any atom is -0.332 e. The highest BCUT2D eigenvalue weighted by Gasteiger charge is 2.10. The number of rotatable bonds is 5. The van der Waals surface area contributed by atoms with Gasteiger partial charge in [-0.3, -0.25) is 4.98 Å². The first kappa shape index (κ1) is 16.7. The molecule has 2 N–H and O–H groups in total. The molecule has 3 aromatic rings. The van der Waals surface area contributed by atoms with Gasteiger partial charge in [-0.2, -0.15) is 0 Å². The lowest BCUT2D eigenvalue weighted by Crippen LogP contribution is -2.37. The van der Waals surface area contributed by atoms with Gasteiger partial charge >= 0.3 is 6.03 Å². The van der Waals surface area contributed by atoms with E-state index < -0.39 is 0 Å². The molecule has 0 aliphatic heterocycles. The molecule has 0 unspecified atom stereocenters. The van der Waals surface area contributed by atoms with Gasteiger partial charge in [0, 0.05) is 24.3 Å². The fraction of sp³-hybridized carbons (Fsp3) is 0.211. The summed E-state index contributed by atoms with van der Waals surface area (Å²) in [5.74, 6) is 0. The van der Waals surface area contributed by atoms with E-state index in [1.807, 2.05) is 61.0 Å². The van der Waals surface area contributed by atoms with E-state index in [4.69, 9.17) is 0 Å². The highest BCUT2D eigenvalue weighted by Crippen LogP contribution is 2.16. The first-order valence-corrected chi connectivity index (χ1v) is 8.16. The zero-order valence-electron chi connectivity index (χ0n) is 14.3. The average Bonchev–Trinajstić information content (AvgIpc) is 3.16. The molecule has 25 heavy (non-hydrogen) atoms. The molecule has 6 heteroatoms. The van der Waals surface area contributed by atoms with Gasteiger partial charge < -0.3 is 15.2 Å². The van der Waals surface area contributed by atoms with Gasteiger partial charge in [0.2, 0.25) is 0 Å². The number of imidazole rings is 1. The molecule has 0 aliphatic rings. The molecule has 0 bridgehead atoms. The van der Waals surface area contributed by atoms with Gasteiger partial charge in [0.1, 0.15) is 0 Å². The van der Waals surface area contributed by atoms with Gasteiger partial charge in [0.15, 0.2) is 0 Å². The minimum atomic E-state index is -0.217. The van der Waals surface area contributed by atoms with Crippen molar-refractivity contribution in [3.63, 3.8) is 0 Å². The number of carbonyl (C=O) groups is 1. The van der Waals surface area contributed by atoms with Crippen molar-refractivity contribution in [1.29, 1.82) is 0 Å². The number of pyridine rings is 1. The highest BCUT2D eigenvalue weighted by molar-refractivity contribution is 5.74. The lowest BCUT2D eigenvalue weighted by molar-refractivity contribution is 0.237. The number of aromatic nitrogens is 3. The number of nitrogens with one attached hydrogen (secondary N) is 2. The van der Waals surface area contributed by atoms with Crippen LogP contribution in [0.1, 0.15) is 29.8 Å². The standard InChI is InChI=1S/C19H21N5O/c1-14-5-4-8-21-18(14)12-22-19(25)23-15(2)16-6-3-7-17(11-16)24-10-9-20-13-24/h3-11,13,15H,12H2,1-2H3,(H2,22,23,25)/t15-/m0/s1. The summed E-state index contributed by atoms with van der Waals surface area (Å²) in [5, 5.41) is 5.81. The summed E-state index contributed by atoms with van der Waals surface area (Å²) < 4.78 is 1.93. The molecule has 1 aromatic carbocycles. The second-order valence-corrected chi connectivity index (χ2v) is 5.88. The van der Waals surface area contributed by atoms with Crippen molar-refractivity contribution in [2.75, 3.05) is 0 Å². The Morgan fingerprint density at radius 2 is 2.12 bits per heavy atom. The van der Waals surface area contributed by atoms with Crippen LogP contribution in [0.25, 0.3) is 5.69 Å². The molecule has 2 amide bonds. The van der Waals surface area contributed by atoms with E-state index in [-0.39, 0.29) is 12.1 Å². The Hall–Kier alpha value is -3.15. The van der Waals surface area contributed by atoms with Gasteiger partial charge in [-0.05, 0) is 43.2 Å². The topological polar surface area (TPSA) is 71.8 Å². The molecule has 0 spiro atoms. The zero-order valence-corrected chi connectivity index (χ0v) is 14.3. The summed E-state index contributed by atoms with van der Waals surface area (Å²) in [6.45, 7) is 4.34. The second kappa shape index (κ2) is 7.61. The molecule has 1 atom stereocenters. The van der Waals surface area contributed by atoms with E-state index in [2.05, 4.69) is 20.6 Å². The maximum Gasteiger partial charge on any atom is 0.315 e. The van der Waals surface area contributed by atoms with E-state index in [1.54, 1.807) is 18.7 Å². The van der Waals surface area contributed by atoms with Crippen molar-refractivity contribution in [3.05, 3.63) is 78.1 Å². The smallest absolute Gasteiger partial charge is 0.315 e. The number of nitrogens with zero attached hydrogens (tertiary/aromatic N) is 3. The maximum atomic E-state index is 12.2. The third-order valence-electron chi connectivity index (χ3n) is 4.05. The first-order valence-electron chi connectivity index (χ1n) is 8.16. The van der Waals surface area contributed by atoms with Crippen LogP contribution in [0.2, 0.25) is 0 Å². The lowest BCUT2D eigenvalue weighted by Gasteiger charge is -2.16. The summed E-state index contributed by atoms with van der Waals surface area (Å²) in [7, 11) is 0. The number of amides is 2. The molecular weight excluding hydrogens is 314 g/mol.